The summed E-state index contributed by atoms with van der Waals surface area (Å²) in [5.74, 6) is 0.822. The van der Waals surface area contributed by atoms with Gasteiger partial charge in [-0.25, -0.2) is 4.98 Å². The highest BCUT2D eigenvalue weighted by atomic mass is 16.5. The second kappa shape index (κ2) is 7.92. The first-order valence-corrected chi connectivity index (χ1v) is 8.14. The van der Waals surface area contributed by atoms with E-state index < -0.39 is 0 Å². The van der Waals surface area contributed by atoms with E-state index in [1.807, 2.05) is 11.0 Å². The van der Waals surface area contributed by atoms with E-state index in [-0.39, 0.29) is 5.91 Å². The van der Waals surface area contributed by atoms with Crippen molar-refractivity contribution in [3.8, 4) is 5.88 Å². The molecule has 0 aliphatic carbocycles. The molecule has 2 aromatic heterocycles. The number of nitrogens with one attached hydrogen (secondary N) is 1. The summed E-state index contributed by atoms with van der Waals surface area (Å²) in [7, 11) is 1.62. The van der Waals surface area contributed by atoms with Gasteiger partial charge < -0.3 is 14.4 Å². The third-order valence-corrected chi connectivity index (χ3v) is 4.19. The van der Waals surface area contributed by atoms with Crippen molar-refractivity contribution in [2.75, 3.05) is 33.4 Å². The first kappa shape index (κ1) is 16.4. The van der Waals surface area contributed by atoms with Crippen LogP contribution < -0.4 is 4.74 Å². The zero-order chi connectivity index (χ0) is 16.8. The van der Waals surface area contributed by atoms with Crippen LogP contribution in [0, 0.1) is 0 Å². The highest BCUT2D eigenvalue weighted by molar-refractivity contribution is 5.94. The number of likely N-dealkylation sites (tertiary alicyclic amines) is 1. The zero-order valence-corrected chi connectivity index (χ0v) is 13.8. The van der Waals surface area contributed by atoms with Crippen LogP contribution in [0.5, 0.6) is 5.88 Å². The third kappa shape index (κ3) is 3.91. The van der Waals surface area contributed by atoms with Gasteiger partial charge >= 0.3 is 0 Å². The van der Waals surface area contributed by atoms with Crippen LogP contribution in [0.15, 0.2) is 30.6 Å². The number of aromatic nitrogens is 3. The maximum atomic E-state index is 12.7. The number of H-pyrrole nitrogens is 1. The molecule has 1 saturated heterocycles. The summed E-state index contributed by atoms with van der Waals surface area (Å²) in [6.07, 6.45) is 5.38. The van der Waals surface area contributed by atoms with Gasteiger partial charge in [0.15, 0.2) is 0 Å². The van der Waals surface area contributed by atoms with Crippen LogP contribution in [-0.2, 0) is 4.74 Å². The molecule has 1 atom stereocenters. The molecule has 1 amide bonds. The summed E-state index contributed by atoms with van der Waals surface area (Å²) in [5.41, 5.74) is 1.67. The van der Waals surface area contributed by atoms with Gasteiger partial charge in [-0.05, 0) is 25.0 Å². The standard InChI is InChI=1S/C17H22N4O3/c1-23-9-10-24-16-5-4-13(11-18-16)17(22)21-8-2-3-14(12-21)15-6-7-19-20-15/h4-7,11,14H,2-3,8-10,12H2,1H3,(H,19,20)/t14-/m1/s1. The number of aromatic amines is 1. The monoisotopic (exact) mass is 330 g/mol. The predicted molar refractivity (Wildman–Crippen MR) is 88.1 cm³/mol. The van der Waals surface area contributed by atoms with Crippen molar-refractivity contribution >= 4 is 5.91 Å². The summed E-state index contributed by atoms with van der Waals surface area (Å²) in [4.78, 5) is 18.8. The lowest BCUT2D eigenvalue weighted by Crippen LogP contribution is -2.39. The molecule has 7 heteroatoms. The summed E-state index contributed by atoms with van der Waals surface area (Å²) >= 11 is 0. The molecule has 3 heterocycles. The SMILES string of the molecule is COCCOc1ccc(C(=O)N2CCC[C@@H](c3ccn[nH]3)C2)cn1. The van der Waals surface area contributed by atoms with Crippen LogP contribution in [0.3, 0.4) is 0 Å². The van der Waals surface area contributed by atoms with E-state index >= 15 is 0 Å². The Morgan fingerprint density at radius 3 is 3.00 bits per heavy atom. The van der Waals surface area contributed by atoms with Gasteiger partial charge in [-0.15, -0.1) is 0 Å². The molecule has 1 aliphatic rings. The van der Waals surface area contributed by atoms with Crippen molar-refractivity contribution in [3.05, 3.63) is 41.9 Å². The van der Waals surface area contributed by atoms with E-state index in [1.165, 1.54) is 0 Å². The van der Waals surface area contributed by atoms with Gasteiger partial charge in [-0.3, -0.25) is 9.89 Å². The molecule has 2 aromatic rings. The van der Waals surface area contributed by atoms with Gasteiger partial charge in [-0.1, -0.05) is 0 Å². The molecule has 7 nitrogen and oxygen atoms in total. The molecule has 3 rings (SSSR count). The van der Waals surface area contributed by atoms with Gasteiger partial charge in [-0.2, -0.15) is 5.10 Å². The molecule has 0 radical (unpaired) electrons. The number of carbonyl (C=O) groups excluding carboxylic acids is 1. The Kier molecular flexibility index (Phi) is 5.43. The molecule has 24 heavy (non-hydrogen) atoms. The van der Waals surface area contributed by atoms with Gasteiger partial charge in [0, 0.05) is 50.3 Å². The number of ether oxygens (including phenoxy) is 2. The van der Waals surface area contributed by atoms with E-state index in [0.29, 0.717) is 37.1 Å². The minimum Gasteiger partial charge on any atom is -0.475 e. The van der Waals surface area contributed by atoms with Crippen LogP contribution in [0.25, 0.3) is 0 Å². The number of hydrogen-bond donors (Lipinski definition) is 1. The smallest absolute Gasteiger partial charge is 0.255 e. The van der Waals surface area contributed by atoms with Crippen molar-refractivity contribution in [1.82, 2.24) is 20.1 Å². The molecule has 0 spiro atoms. The first-order valence-electron chi connectivity index (χ1n) is 8.14. The lowest BCUT2D eigenvalue weighted by molar-refractivity contribution is 0.0705. The predicted octanol–water partition coefficient (Wildman–Crippen LogP) is 1.85. The van der Waals surface area contributed by atoms with Gasteiger partial charge in [0.2, 0.25) is 5.88 Å². The lowest BCUT2D eigenvalue weighted by atomic mass is 9.94. The van der Waals surface area contributed by atoms with Crippen molar-refractivity contribution < 1.29 is 14.3 Å². The molecule has 0 bridgehead atoms. The fraction of sp³-hybridized carbons (Fsp3) is 0.471. The maximum absolute atomic E-state index is 12.7. The average molecular weight is 330 g/mol. The Morgan fingerprint density at radius 1 is 1.38 bits per heavy atom. The molecular weight excluding hydrogens is 308 g/mol. The van der Waals surface area contributed by atoms with E-state index in [0.717, 1.165) is 25.1 Å². The molecule has 0 saturated carbocycles. The number of nitrogens with zero attached hydrogens (tertiary/aromatic N) is 3. The van der Waals surface area contributed by atoms with E-state index in [4.69, 9.17) is 9.47 Å². The summed E-state index contributed by atoms with van der Waals surface area (Å²) in [5, 5.41) is 7.02. The normalized spacial score (nSPS) is 17.7. The molecule has 0 unspecified atom stereocenters. The minimum atomic E-state index is 0.00940. The van der Waals surface area contributed by atoms with Crippen LogP contribution in [-0.4, -0.2) is 59.4 Å². The third-order valence-electron chi connectivity index (χ3n) is 4.19. The number of amides is 1. The van der Waals surface area contributed by atoms with Crippen LogP contribution in [0.4, 0.5) is 0 Å². The summed E-state index contributed by atoms with van der Waals surface area (Å²) in [6.45, 7) is 2.42. The minimum absolute atomic E-state index is 0.00940. The maximum Gasteiger partial charge on any atom is 0.255 e. The van der Waals surface area contributed by atoms with E-state index in [1.54, 1.807) is 31.6 Å². The Balaban J connectivity index is 1.61. The Hall–Kier alpha value is -2.41. The number of carbonyl (C=O) groups is 1. The number of pyridine rings is 1. The fourth-order valence-corrected chi connectivity index (χ4v) is 2.91. The van der Waals surface area contributed by atoms with E-state index in [9.17, 15) is 4.79 Å². The molecule has 1 N–H and O–H groups in total. The number of methoxy groups -OCH3 is 1. The van der Waals surface area contributed by atoms with Crippen molar-refractivity contribution in [1.29, 1.82) is 0 Å². The molecule has 128 valence electrons. The highest BCUT2D eigenvalue weighted by Gasteiger charge is 2.26. The Bertz CT molecular complexity index is 642. The first-order chi connectivity index (χ1) is 11.8. The van der Waals surface area contributed by atoms with Crippen molar-refractivity contribution in [2.45, 2.75) is 18.8 Å². The fourth-order valence-electron chi connectivity index (χ4n) is 2.91. The molecule has 0 aromatic carbocycles. The largest absolute Gasteiger partial charge is 0.475 e. The molecule has 1 fully saturated rings. The van der Waals surface area contributed by atoms with Crippen molar-refractivity contribution in [2.24, 2.45) is 0 Å². The van der Waals surface area contributed by atoms with Crippen LogP contribution >= 0.6 is 0 Å². The van der Waals surface area contributed by atoms with Gasteiger partial charge in [0.1, 0.15) is 6.61 Å². The summed E-state index contributed by atoms with van der Waals surface area (Å²) in [6, 6.07) is 5.46. The highest BCUT2D eigenvalue weighted by Crippen LogP contribution is 2.26. The second-order valence-corrected chi connectivity index (χ2v) is 5.83. The summed E-state index contributed by atoms with van der Waals surface area (Å²) < 4.78 is 10.3. The number of piperidine rings is 1. The van der Waals surface area contributed by atoms with Crippen LogP contribution in [0.2, 0.25) is 0 Å². The second-order valence-electron chi connectivity index (χ2n) is 5.83. The average Bonchev–Trinajstić information content (AvgIpc) is 3.17. The Morgan fingerprint density at radius 2 is 2.29 bits per heavy atom. The van der Waals surface area contributed by atoms with Crippen molar-refractivity contribution in [3.63, 3.8) is 0 Å². The van der Waals surface area contributed by atoms with Gasteiger partial charge in [0.25, 0.3) is 5.91 Å². The van der Waals surface area contributed by atoms with Gasteiger partial charge in [0.05, 0.1) is 12.2 Å². The molecule has 1 aliphatic heterocycles. The van der Waals surface area contributed by atoms with Crippen LogP contribution in [0.1, 0.15) is 34.8 Å². The number of rotatable bonds is 6. The lowest BCUT2D eigenvalue weighted by Gasteiger charge is -2.32. The van der Waals surface area contributed by atoms with E-state index in [2.05, 4.69) is 15.2 Å². The number of hydrogen-bond acceptors (Lipinski definition) is 5. The molecular formula is C17H22N4O3. The topological polar surface area (TPSA) is 80.3 Å². The quantitative estimate of drug-likeness (QED) is 0.818. The zero-order valence-electron chi connectivity index (χ0n) is 13.8. The Labute approximate surface area is 141 Å².